The molecular weight excluding hydrogens is 570 g/mol. The van der Waals surface area contributed by atoms with Crippen molar-refractivity contribution in [2.45, 2.75) is 44.0 Å². The van der Waals surface area contributed by atoms with Crippen LogP contribution in [0.3, 0.4) is 0 Å². The second-order valence-corrected chi connectivity index (χ2v) is 10.4. The first-order chi connectivity index (χ1) is 20.4. The lowest BCUT2D eigenvalue weighted by molar-refractivity contribution is -0.265. The Hall–Kier alpha value is -4.65. The zero-order valence-corrected chi connectivity index (χ0v) is 23.0. The third kappa shape index (κ3) is 6.26. The summed E-state index contributed by atoms with van der Waals surface area (Å²) in [4.78, 5) is 32.2. The number of rotatable bonds is 11. The lowest BCUT2D eigenvalue weighted by Crippen LogP contribution is -2.51. The van der Waals surface area contributed by atoms with Gasteiger partial charge in [0.1, 0.15) is 17.3 Å². The van der Waals surface area contributed by atoms with Gasteiger partial charge in [0.2, 0.25) is 11.5 Å². The summed E-state index contributed by atoms with van der Waals surface area (Å²) < 4.78 is 63.2. The number of hydrogen-bond donors (Lipinski definition) is 5. The maximum Gasteiger partial charge on any atom is 0.424 e. The molecule has 0 saturated heterocycles. The molecule has 1 fully saturated rings. The van der Waals surface area contributed by atoms with Crippen LogP contribution in [-0.4, -0.2) is 52.3 Å². The summed E-state index contributed by atoms with van der Waals surface area (Å²) in [5.74, 6) is -2.37. The fourth-order valence-electron chi connectivity index (χ4n) is 4.74. The van der Waals surface area contributed by atoms with Gasteiger partial charge in [-0.1, -0.05) is 0 Å². The first-order valence-electron chi connectivity index (χ1n) is 13.6. The van der Waals surface area contributed by atoms with Crippen LogP contribution in [0.2, 0.25) is 0 Å². The number of fused-ring (bicyclic) bond motifs is 1. The molecule has 0 aliphatic heterocycles. The first-order valence-corrected chi connectivity index (χ1v) is 13.6. The van der Waals surface area contributed by atoms with E-state index in [1.807, 2.05) is 0 Å². The molecule has 0 bridgehead atoms. The summed E-state index contributed by atoms with van der Waals surface area (Å²) in [6.45, 7) is 0.379. The molecular formula is C30H29F4N5O4. The normalized spacial score (nSPS) is 14.7. The van der Waals surface area contributed by atoms with Crippen molar-refractivity contribution in [1.29, 1.82) is 0 Å². The van der Waals surface area contributed by atoms with Gasteiger partial charge in [-0.05, 0) is 68.3 Å². The van der Waals surface area contributed by atoms with Crippen LogP contribution in [0.25, 0.3) is 22.2 Å². The topological polar surface area (TPSA) is 142 Å². The van der Waals surface area contributed by atoms with Gasteiger partial charge in [-0.2, -0.15) is 13.2 Å². The fraction of sp³-hybridized carbons (Fsp3) is 0.300. The Morgan fingerprint density at radius 1 is 1.14 bits per heavy atom. The minimum absolute atomic E-state index is 0.0410. The van der Waals surface area contributed by atoms with Crippen molar-refractivity contribution >= 4 is 28.4 Å². The van der Waals surface area contributed by atoms with Gasteiger partial charge in [0.25, 0.3) is 5.91 Å². The monoisotopic (exact) mass is 599 g/mol. The number of benzene rings is 2. The Balaban J connectivity index is 1.54. The minimum atomic E-state index is -5.33. The van der Waals surface area contributed by atoms with E-state index in [-0.39, 0.29) is 40.8 Å². The molecule has 1 saturated carbocycles. The SMILES string of the molecule is CCOc1c(CC(N)=O)cc([C@@](O)(CNC(=O)c2cc(NC3CC3)c3[nH]ccc3c2)C(F)(F)F)nc1-c1ccc(F)cc1. The molecule has 43 heavy (non-hydrogen) atoms. The van der Waals surface area contributed by atoms with Gasteiger partial charge >= 0.3 is 6.18 Å². The van der Waals surface area contributed by atoms with E-state index < -0.39 is 48.1 Å². The molecule has 0 radical (unpaired) electrons. The van der Waals surface area contributed by atoms with E-state index in [2.05, 4.69) is 20.6 Å². The fourth-order valence-corrected chi connectivity index (χ4v) is 4.74. The number of aromatic amines is 1. The maximum atomic E-state index is 14.6. The van der Waals surface area contributed by atoms with Gasteiger partial charge in [0, 0.05) is 34.3 Å². The number of H-pyrrole nitrogens is 1. The number of alkyl halides is 3. The zero-order chi connectivity index (χ0) is 30.9. The van der Waals surface area contributed by atoms with Gasteiger partial charge in [-0.15, -0.1) is 0 Å². The van der Waals surface area contributed by atoms with Crippen LogP contribution >= 0.6 is 0 Å². The number of nitrogens with one attached hydrogen (secondary N) is 3. The van der Waals surface area contributed by atoms with Gasteiger partial charge < -0.3 is 31.2 Å². The molecule has 0 unspecified atom stereocenters. The number of amides is 2. The second-order valence-electron chi connectivity index (χ2n) is 10.4. The maximum absolute atomic E-state index is 14.6. The second kappa shape index (κ2) is 11.6. The molecule has 6 N–H and O–H groups in total. The zero-order valence-electron chi connectivity index (χ0n) is 23.0. The number of nitrogens with zero attached hydrogens (tertiary/aromatic N) is 1. The molecule has 2 heterocycles. The number of aromatic nitrogens is 2. The van der Waals surface area contributed by atoms with Crippen molar-refractivity contribution in [2.75, 3.05) is 18.5 Å². The Morgan fingerprint density at radius 3 is 2.49 bits per heavy atom. The summed E-state index contributed by atoms with van der Waals surface area (Å²) in [5, 5.41) is 17.4. The van der Waals surface area contributed by atoms with Crippen molar-refractivity contribution in [3.05, 3.63) is 77.4 Å². The smallest absolute Gasteiger partial charge is 0.424 e. The molecule has 9 nitrogen and oxygen atoms in total. The standard InChI is InChI=1S/C30H29F4N5O4/c1-2-43-27-18(14-24(35)40)13-23(39-26(27)16-3-5-20(31)6-4-16)29(42,30(32,33)34)15-37-28(41)19-11-17-9-10-36-25(17)22(12-19)38-21-7-8-21/h3-6,9-13,21,36,38,42H,2,7-8,14-15H2,1H3,(H2,35,40)(H,37,41)/t29-/m0/s1. The summed E-state index contributed by atoms with van der Waals surface area (Å²) in [7, 11) is 0. The van der Waals surface area contributed by atoms with Gasteiger partial charge in [-0.25, -0.2) is 9.37 Å². The van der Waals surface area contributed by atoms with Crippen LogP contribution in [-0.2, 0) is 16.8 Å². The molecule has 2 aromatic carbocycles. The molecule has 5 rings (SSSR count). The third-order valence-corrected chi connectivity index (χ3v) is 7.08. The highest BCUT2D eigenvalue weighted by molar-refractivity contribution is 6.02. The number of carbonyl (C=O) groups excluding carboxylic acids is 2. The van der Waals surface area contributed by atoms with E-state index >= 15 is 0 Å². The van der Waals surface area contributed by atoms with E-state index in [0.717, 1.165) is 36.6 Å². The van der Waals surface area contributed by atoms with Gasteiger partial charge in [0.05, 0.1) is 36.5 Å². The summed E-state index contributed by atoms with van der Waals surface area (Å²) in [5.41, 5.74) is 2.17. The lowest BCUT2D eigenvalue weighted by atomic mass is 9.93. The number of carbonyl (C=O) groups is 2. The average molecular weight is 600 g/mol. The average Bonchev–Trinajstić information content (AvgIpc) is 3.64. The Bertz CT molecular complexity index is 1670. The van der Waals surface area contributed by atoms with Crippen molar-refractivity contribution in [3.8, 4) is 17.0 Å². The van der Waals surface area contributed by atoms with Crippen molar-refractivity contribution in [3.63, 3.8) is 0 Å². The number of pyridine rings is 1. The van der Waals surface area contributed by atoms with Crippen LogP contribution in [0.4, 0.5) is 23.2 Å². The molecule has 1 atom stereocenters. The summed E-state index contributed by atoms with van der Waals surface area (Å²) >= 11 is 0. The van der Waals surface area contributed by atoms with E-state index in [4.69, 9.17) is 10.5 Å². The van der Waals surface area contributed by atoms with Crippen molar-refractivity contribution in [1.82, 2.24) is 15.3 Å². The highest BCUT2D eigenvalue weighted by atomic mass is 19.4. The van der Waals surface area contributed by atoms with Gasteiger partial charge in [0.15, 0.2) is 0 Å². The number of anilines is 1. The number of ether oxygens (including phenoxy) is 1. The molecule has 4 aromatic rings. The Morgan fingerprint density at radius 2 is 1.86 bits per heavy atom. The minimum Gasteiger partial charge on any atom is -0.491 e. The van der Waals surface area contributed by atoms with Crippen LogP contribution < -0.4 is 21.1 Å². The van der Waals surface area contributed by atoms with Crippen LogP contribution in [0, 0.1) is 5.82 Å². The molecule has 13 heteroatoms. The predicted octanol–water partition coefficient (Wildman–Crippen LogP) is 4.55. The molecule has 0 spiro atoms. The molecule has 2 aromatic heterocycles. The quantitative estimate of drug-likeness (QED) is 0.160. The molecule has 226 valence electrons. The van der Waals surface area contributed by atoms with Crippen molar-refractivity contribution in [2.24, 2.45) is 5.73 Å². The van der Waals surface area contributed by atoms with E-state index in [9.17, 15) is 32.3 Å². The third-order valence-electron chi connectivity index (χ3n) is 7.08. The first kappa shape index (κ1) is 29.8. The van der Waals surface area contributed by atoms with Crippen molar-refractivity contribution < 1.29 is 37.0 Å². The highest BCUT2D eigenvalue weighted by Crippen LogP contribution is 2.42. The molecule has 1 aliphatic carbocycles. The number of halogens is 4. The highest BCUT2D eigenvalue weighted by Gasteiger charge is 2.56. The Kier molecular flexibility index (Phi) is 8.02. The summed E-state index contributed by atoms with van der Waals surface area (Å²) in [6.07, 6.45) is -2.25. The van der Waals surface area contributed by atoms with Crippen LogP contribution in [0.5, 0.6) is 5.75 Å². The molecule has 2 amide bonds. The number of aliphatic hydroxyl groups is 1. The largest absolute Gasteiger partial charge is 0.491 e. The van der Waals surface area contributed by atoms with E-state index in [1.165, 1.54) is 24.3 Å². The number of hydrogen-bond acceptors (Lipinski definition) is 6. The van der Waals surface area contributed by atoms with Gasteiger partial charge in [-0.3, -0.25) is 9.59 Å². The lowest BCUT2D eigenvalue weighted by Gasteiger charge is -2.31. The van der Waals surface area contributed by atoms with Crippen LogP contribution in [0.15, 0.2) is 54.7 Å². The number of primary amides is 1. The summed E-state index contributed by atoms with van der Waals surface area (Å²) in [6, 6.07) is 10.6. The predicted molar refractivity (Wildman–Crippen MR) is 151 cm³/mol. The molecule has 1 aliphatic rings. The van der Waals surface area contributed by atoms with E-state index in [1.54, 1.807) is 19.2 Å². The van der Waals surface area contributed by atoms with Crippen LogP contribution in [0.1, 0.15) is 41.4 Å². The van der Waals surface area contributed by atoms with E-state index in [0.29, 0.717) is 11.1 Å². The number of nitrogens with two attached hydrogens (primary N) is 1. The Labute approximate surface area is 243 Å².